The summed E-state index contributed by atoms with van der Waals surface area (Å²) in [4.78, 5) is 0. The minimum Gasteiger partial charge on any atom is -0.385 e. The average molecular weight is 257 g/mol. The predicted molar refractivity (Wildman–Crippen MR) is 73.9 cm³/mol. The fourth-order valence-electron chi connectivity index (χ4n) is 3.72. The molecule has 2 atom stereocenters. The number of ether oxygens (including phenoxy) is 1. The second kappa shape index (κ2) is 3.84. The monoisotopic (exact) mass is 257 g/mol. The number of hydrogen-bond acceptors (Lipinski definition) is 2. The van der Waals surface area contributed by atoms with Crippen LogP contribution in [0.5, 0.6) is 0 Å². The van der Waals surface area contributed by atoms with Crippen molar-refractivity contribution in [3.8, 4) is 0 Å². The minimum absolute atomic E-state index is 0.246. The van der Waals surface area contributed by atoms with Gasteiger partial charge >= 0.3 is 0 Å². The number of rotatable bonds is 1. The molecule has 0 aliphatic carbocycles. The van der Waals surface area contributed by atoms with Crippen molar-refractivity contribution in [1.29, 1.82) is 0 Å². The molecule has 0 amide bonds. The summed E-state index contributed by atoms with van der Waals surface area (Å²) in [6.45, 7) is 0. The van der Waals surface area contributed by atoms with Crippen LogP contribution in [0.15, 0.2) is 30.5 Å². The van der Waals surface area contributed by atoms with E-state index in [1.165, 1.54) is 10.9 Å². The number of hydrogen-bond donors (Lipinski definition) is 1. The van der Waals surface area contributed by atoms with Gasteiger partial charge in [0, 0.05) is 31.6 Å². The highest BCUT2D eigenvalue weighted by Crippen LogP contribution is 2.44. The van der Waals surface area contributed by atoms with E-state index < -0.39 is 5.60 Å². The van der Waals surface area contributed by atoms with Gasteiger partial charge in [-0.15, -0.1) is 0 Å². The Bertz CT molecular complexity index is 619. The molecule has 2 aromatic rings. The van der Waals surface area contributed by atoms with Crippen LogP contribution in [0.25, 0.3) is 10.9 Å². The first-order valence-electron chi connectivity index (χ1n) is 7.07. The Morgan fingerprint density at radius 1 is 1.21 bits per heavy atom. The van der Waals surface area contributed by atoms with Crippen LogP contribution in [-0.4, -0.2) is 21.9 Å². The highest BCUT2D eigenvalue weighted by Gasteiger charge is 2.44. The van der Waals surface area contributed by atoms with Gasteiger partial charge in [-0.2, -0.15) is 0 Å². The van der Waals surface area contributed by atoms with Crippen LogP contribution in [0, 0.1) is 0 Å². The molecule has 2 bridgehead atoms. The van der Waals surface area contributed by atoms with E-state index in [1.54, 1.807) is 0 Å². The normalized spacial score (nSPS) is 34.0. The second-order valence-electron chi connectivity index (χ2n) is 6.10. The molecule has 1 aromatic carbocycles. The van der Waals surface area contributed by atoms with Gasteiger partial charge in [0.1, 0.15) is 0 Å². The summed E-state index contributed by atoms with van der Waals surface area (Å²) >= 11 is 0. The first-order chi connectivity index (χ1) is 9.14. The SMILES string of the molecule is Cn1ccc2cc(C3(O)CC4CCC(C3)O4)ccc21. The van der Waals surface area contributed by atoms with Crippen molar-refractivity contribution >= 4 is 10.9 Å². The fraction of sp³-hybridized carbons (Fsp3) is 0.500. The molecule has 2 saturated heterocycles. The molecule has 1 aromatic heterocycles. The molecule has 3 heterocycles. The molecule has 2 fully saturated rings. The van der Waals surface area contributed by atoms with Crippen molar-refractivity contribution in [2.45, 2.75) is 43.5 Å². The van der Waals surface area contributed by atoms with Gasteiger partial charge < -0.3 is 14.4 Å². The Kier molecular flexibility index (Phi) is 2.32. The summed E-state index contributed by atoms with van der Waals surface area (Å²) in [6, 6.07) is 8.43. The van der Waals surface area contributed by atoms with Gasteiger partial charge in [0.15, 0.2) is 0 Å². The summed E-state index contributed by atoms with van der Waals surface area (Å²) in [6.07, 6.45) is 6.22. The van der Waals surface area contributed by atoms with E-state index in [0.717, 1.165) is 31.2 Å². The lowest BCUT2D eigenvalue weighted by molar-refractivity contribution is -0.115. The molecule has 100 valence electrons. The molecule has 3 nitrogen and oxygen atoms in total. The van der Waals surface area contributed by atoms with Crippen molar-refractivity contribution in [2.24, 2.45) is 7.05 Å². The molecule has 0 saturated carbocycles. The molecule has 19 heavy (non-hydrogen) atoms. The maximum atomic E-state index is 11.0. The maximum Gasteiger partial charge on any atom is 0.0946 e. The lowest BCUT2D eigenvalue weighted by Crippen LogP contribution is -2.38. The zero-order valence-corrected chi connectivity index (χ0v) is 11.2. The van der Waals surface area contributed by atoms with Gasteiger partial charge in [0.05, 0.1) is 17.8 Å². The zero-order valence-electron chi connectivity index (χ0n) is 11.2. The molecule has 2 unspecified atom stereocenters. The lowest BCUT2D eigenvalue weighted by atomic mass is 9.83. The van der Waals surface area contributed by atoms with Crippen molar-refractivity contribution in [2.75, 3.05) is 0 Å². The van der Waals surface area contributed by atoms with Gasteiger partial charge in [0.25, 0.3) is 0 Å². The summed E-state index contributed by atoms with van der Waals surface area (Å²) in [7, 11) is 2.05. The summed E-state index contributed by atoms with van der Waals surface area (Å²) in [5, 5.41) is 12.2. The Morgan fingerprint density at radius 2 is 1.95 bits per heavy atom. The smallest absolute Gasteiger partial charge is 0.0946 e. The van der Waals surface area contributed by atoms with Crippen molar-refractivity contribution in [3.05, 3.63) is 36.0 Å². The molecular weight excluding hydrogens is 238 g/mol. The van der Waals surface area contributed by atoms with Crippen LogP contribution >= 0.6 is 0 Å². The summed E-state index contributed by atoms with van der Waals surface area (Å²) in [5.41, 5.74) is 1.56. The Balaban J connectivity index is 1.76. The highest BCUT2D eigenvalue weighted by molar-refractivity contribution is 5.81. The topological polar surface area (TPSA) is 34.4 Å². The van der Waals surface area contributed by atoms with Gasteiger partial charge in [0.2, 0.25) is 0 Å². The maximum absolute atomic E-state index is 11.0. The van der Waals surface area contributed by atoms with Gasteiger partial charge in [-0.25, -0.2) is 0 Å². The number of aryl methyl sites for hydroxylation is 1. The molecule has 0 radical (unpaired) electrons. The van der Waals surface area contributed by atoms with E-state index in [2.05, 4.69) is 35.0 Å². The Morgan fingerprint density at radius 3 is 2.68 bits per heavy atom. The quantitative estimate of drug-likeness (QED) is 0.852. The van der Waals surface area contributed by atoms with Gasteiger partial charge in [-0.3, -0.25) is 0 Å². The van der Waals surface area contributed by atoms with Gasteiger partial charge in [-0.05, 0) is 42.0 Å². The molecule has 2 aliphatic heterocycles. The largest absolute Gasteiger partial charge is 0.385 e. The standard InChI is InChI=1S/C16H19NO2/c1-17-7-6-11-8-12(2-5-15(11)17)16(18)9-13-3-4-14(10-16)19-13/h2,5-8,13-14,18H,3-4,9-10H2,1H3. The third-order valence-electron chi connectivity index (χ3n) is 4.75. The van der Waals surface area contributed by atoms with Crippen LogP contribution in [0.4, 0.5) is 0 Å². The van der Waals surface area contributed by atoms with Gasteiger partial charge in [-0.1, -0.05) is 6.07 Å². The molecular formula is C16H19NO2. The van der Waals surface area contributed by atoms with E-state index >= 15 is 0 Å². The summed E-state index contributed by atoms with van der Waals surface area (Å²) < 4.78 is 7.95. The molecule has 1 N–H and O–H groups in total. The predicted octanol–water partition coefficient (Wildman–Crippen LogP) is 2.71. The van der Waals surface area contributed by atoms with Crippen molar-refractivity contribution < 1.29 is 9.84 Å². The highest BCUT2D eigenvalue weighted by atomic mass is 16.5. The van der Waals surface area contributed by atoms with Crippen LogP contribution in [0.1, 0.15) is 31.2 Å². The molecule has 3 heteroatoms. The Labute approximate surface area is 112 Å². The molecule has 4 rings (SSSR count). The minimum atomic E-state index is -0.700. The number of aliphatic hydroxyl groups is 1. The average Bonchev–Trinajstić information content (AvgIpc) is 2.93. The number of fused-ring (bicyclic) bond motifs is 3. The lowest BCUT2D eigenvalue weighted by Gasteiger charge is -2.37. The number of aromatic nitrogens is 1. The third-order valence-corrected chi connectivity index (χ3v) is 4.75. The second-order valence-corrected chi connectivity index (χ2v) is 6.10. The first-order valence-corrected chi connectivity index (χ1v) is 7.07. The van der Waals surface area contributed by atoms with E-state index in [1.807, 2.05) is 7.05 Å². The van der Waals surface area contributed by atoms with Crippen LogP contribution < -0.4 is 0 Å². The van der Waals surface area contributed by atoms with Crippen molar-refractivity contribution in [1.82, 2.24) is 4.57 Å². The van der Waals surface area contributed by atoms with Crippen LogP contribution in [0.3, 0.4) is 0 Å². The van der Waals surface area contributed by atoms with E-state index in [0.29, 0.717) is 0 Å². The van der Waals surface area contributed by atoms with E-state index in [9.17, 15) is 5.11 Å². The fourth-order valence-corrected chi connectivity index (χ4v) is 3.72. The number of nitrogens with zero attached hydrogens (tertiary/aromatic N) is 1. The zero-order chi connectivity index (χ0) is 13.0. The van der Waals surface area contributed by atoms with E-state index in [4.69, 9.17) is 4.74 Å². The van der Waals surface area contributed by atoms with Crippen molar-refractivity contribution in [3.63, 3.8) is 0 Å². The van der Waals surface area contributed by atoms with E-state index in [-0.39, 0.29) is 12.2 Å². The molecule has 2 aliphatic rings. The summed E-state index contributed by atoms with van der Waals surface area (Å²) in [5.74, 6) is 0. The van der Waals surface area contributed by atoms with Crippen LogP contribution in [0.2, 0.25) is 0 Å². The molecule has 0 spiro atoms. The number of benzene rings is 1. The third kappa shape index (κ3) is 1.72. The van der Waals surface area contributed by atoms with Crippen LogP contribution in [-0.2, 0) is 17.4 Å². The first kappa shape index (κ1) is 11.5. The Hall–Kier alpha value is -1.32.